The molecule has 150 valence electrons. The number of non-ortho nitro benzene ring substituents is 1. The highest BCUT2D eigenvalue weighted by atomic mass is 32.2. The maximum absolute atomic E-state index is 13.0. The number of rotatable bonds is 7. The van der Waals surface area contributed by atoms with E-state index in [1.165, 1.54) is 16.4 Å². The lowest BCUT2D eigenvalue weighted by atomic mass is 10.2. The van der Waals surface area contributed by atoms with Crippen molar-refractivity contribution in [3.63, 3.8) is 0 Å². The van der Waals surface area contributed by atoms with Gasteiger partial charge in [0.25, 0.3) is 5.69 Å². The molecule has 2 aromatic rings. The van der Waals surface area contributed by atoms with Gasteiger partial charge < -0.3 is 10.2 Å². The topological polar surface area (TPSA) is 109 Å². The molecule has 1 aliphatic heterocycles. The number of hydrogen-bond donors (Lipinski definition) is 1. The van der Waals surface area contributed by atoms with Crippen LogP contribution in [0.1, 0.15) is 18.4 Å². The molecule has 0 bridgehead atoms. The van der Waals surface area contributed by atoms with Crippen molar-refractivity contribution in [2.45, 2.75) is 24.3 Å². The van der Waals surface area contributed by atoms with Crippen LogP contribution >= 0.6 is 0 Å². The van der Waals surface area contributed by atoms with E-state index in [2.05, 4.69) is 10.3 Å². The van der Waals surface area contributed by atoms with E-state index < -0.39 is 14.9 Å². The summed E-state index contributed by atoms with van der Waals surface area (Å²) in [5.74, 6) is 0.816. The Labute approximate surface area is 164 Å². The fraction of sp³-hybridized carbons (Fsp3) is 0.389. The Balaban J connectivity index is 1.88. The summed E-state index contributed by atoms with van der Waals surface area (Å²) in [6.45, 7) is 1.21. The smallest absolute Gasteiger partial charge is 0.270 e. The van der Waals surface area contributed by atoms with E-state index in [9.17, 15) is 18.5 Å². The zero-order chi connectivity index (χ0) is 20.3. The van der Waals surface area contributed by atoms with Crippen molar-refractivity contribution in [3.05, 3.63) is 52.2 Å². The molecule has 9 nitrogen and oxygen atoms in total. The van der Waals surface area contributed by atoms with Gasteiger partial charge in [-0.2, -0.15) is 4.31 Å². The second kappa shape index (κ2) is 8.11. The number of aromatic nitrogens is 1. The van der Waals surface area contributed by atoms with Gasteiger partial charge in [-0.25, -0.2) is 13.4 Å². The molecule has 2 heterocycles. The summed E-state index contributed by atoms with van der Waals surface area (Å²) in [6, 6.07) is 7.65. The summed E-state index contributed by atoms with van der Waals surface area (Å²) in [5.41, 5.74) is 0.961. The van der Waals surface area contributed by atoms with Gasteiger partial charge in [0.2, 0.25) is 10.0 Å². The predicted molar refractivity (Wildman–Crippen MR) is 107 cm³/mol. The van der Waals surface area contributed by atoms with Crippen LogP contribution in [0.3, 0.4) is 0 Å². The molecule has 10 heteroatoms. The second-order valence-corrected chi connectivity index (χ2v) is 8.73. The van der Waals surface area contributed by atoms with E-state index in [4.69, 9.17) is 0 Å². The molecule has 1 fully saturated rings. The van der Waals surface area contributed by atoms with Crippen LogP contribution in [0.2, 0.25) is 0 Å². The Morgan fingerprint density at radius 3 is 2.50 bits per heavy atom. The van der Waals surface area contributed by atoms with Crippen molar-refractivity contribution in [2.24, 2.45) is 0 Å². The van der Waals surface area contributed by atoms with E-state index in [0.29, 0.717) is 25.3 Å². The SMILES string of the molecule is CN(C)c1ccc(CNc2ccc([N+](=O)[O-])cc2S(=O)(=O)N2CCCC2)cn1. The summed E-state index contributed by atoms with van der Waals surface area (Å²) >= 11 is 0. The molecule has 0 saturated carbocycles. The molecule has 1 aromatic heterocycles. The lowest BCUT2D eigenvalue weighted by molar-refractivity contribution is -0.385. The van der Waals surface area contributed by atoms with Crippen LogP contribution in [0, 0.1) is 10.1 Å². The molecular weight excluding hydrogens is 382 g/mol. The molecule has 3 rings (SSSR count). The first-order valence-electron chi connectivity index (χ1n) is 8.94. The molecule has 0 amide bonds. The standard InChI is InChI=1S/C18H23N5O4S/c1-21(2)18-8-5-14(13-20-18)12-19-16-7-6-15(23(24)25)11-17(16)28(26,27)22-9-3-4-10-22/h5-8,11,13,19H,3-4,9-10,12H2,1-2H3. The van der Waals surface area contributed by atoms with Gasteiger partial charge in [-0.05, 0) is 30.5 Å². The van der Waals surface area contributed by atoms with E-state index in [1.807, 2.05) is 31.1 Å². The third-order valence-corrected chi connectivity index (χ3v) is 6.55. The van der Waals surface area contributed by atoms with Crippen LogP contribution < -0.4 is 10.2 Å². The fourth-order valence-electron chi connectivity index (χ4n) is 3.03. The molecule has 0 atom stereocenters. The highest BCUT2D eigenvalue weighted by Gasteiger charge is 2.30. The lowest BCUT2D eigenvalue weighted by Gasteiger charge is -2.19. The highest BCUT2D eigenvalue weighted by molar-refractivity contribution is 7.89. The van der Waals surface area contributed by atoms with Gasteiger partial charge in [0, 0.05) is 52.1 Å². The van der Waals surface area contributed by atoms with Crippen molar-refractivity contribution >= 4 is 27.2 Å². The maximum atomic E-state index is 13.0. The van der Waals surface area contributed by atoms with Gasteiger partial charge in [-0.3, -0.25) is 10.1 Å². The highest BCUT2D eigenvalue weighted by Crippen LogP contribution is 2.31. The third-order valence-electron chi connectivity index (χ3n) is 4.61. The fourth-order valence-corrected chi connectivity index (χ4v) is 4.74. The number of benzene rings is 1. The number of nitro benzene ring substituents is 1. The van der Waals surface area contributed by atoms with Gasteiger partial charge >= 0.3 is 0 Å². The number of anilines is 2. The number of sulfonamides is 1. The summed E-state index contributed by atoms with van der Waals surface area (Å²) in [4.78, 5) is 16.7. The normalized spacial score (nSPS) is 14.8. The van der Waals surface area contributed by atoms with Gasteiger partial charge in [-0.1, -0.05) is 6.07 Å². The first-order chi connectivity index (χ1) is 13.3. The quantitative estimate of drug-likeness (QED) is 0.557. The van der Waals surface area contributed by atoms with Crippen LogP contribution in [-0.4, -0.2) is 49.8 Å². The Kier molecular flexibility index (Phi) is 5.80. The van der Waals surface area contributed by atoms with Gasteiger partial charge in [0.05, 0.1) is 10.6 Å². The second-order valence-electron chi connectivity index (χ2n) is 6.82. The number of pyridine rings is 1. The molecule has 1 N–H and O–H groups in total. The summed E-state index contributed by atoms with van der Waals surface area (Å²) in [5, 5.41) is 14.2. The number of hydrogen-bond acceptors (Lipinski definition) is 7. The molecule has 1 aromatic carbocycles. The predicted octanol–water partition coefficient (Wildman–Crippen LogP) is 2.45. The lowest BCUT2D eigenvalue weighted by Crippen LogP contribution is -2.28. The van der Waals surface area contributed by atoms with Gasteiger partial charge in [-0.15, -0.1) is 0 Å². The third kappa shape index (κ3) is 4.23. The zero-order valence-corrected chi connectivity index (χ0v) is 16.6. The van der Waals surface area contributed by atoms with Crippen LogP contribution in [0.5, 0.6) is 0 Å². The van der Waals surface area contributed by atoms with Crippen molar-refractivity contribution in [1.29, 1.82) is 0 Å². The zero-order valence-electron chi connectivity index (χ0n) is 15.8. The average Bonchev–Trinajstić information content (AvgIpc) is 3.22. The Morgan fingerprint density at radius 1 is 1.21 bits per heavy atom. The number of nitro groups is 1. The number of nitrogens with zero attached hydrogens (tertiary/aromatic N) is 4. The van der Waals surface area contributed by atoms with E-state index in [0.717, 1.165) is 30.3 Å². The summed E-state index contributed by atoms with van der Waals surface area (Å²) in [7, 11) is -0.0127. The van der Waals surface area contributed by atoms with E-state index in [1.54, 1.807) is 6.20 Å². The number of nitrogens with one attached hydrogen (secondary N) is 1. The maximum Gasteiger partial charge on any atom is 0.270 e. The summed E-state index contributed by atoms with van der Waals surface area (Å²) < 4.78 is 27.4. The van der Waals surface area contributed by atoms with Crippen molar-refractivity contribution in [1.82, 2.24) is 9.29 Å². The van der Waals surface area contributed by atoms with Crippen LogP contribution in [0.4, 0.5) is 17.2 Å². The Hall–Kier alpha value is -2.72. The van der Waals surface area contributed by atoms with Crippen molar-refractivity contribution < 1.29 is 13.3 Å². The first-order valence-corrected chi connectivity index (χ1v) is 10.4. The molecule has 28 heavy (non-hydrogen) atoms. The largest absolute Gasteiger partial charge is 0.380 e. The van der Waals surface area contributed by atoms with Crippen molar-refractivity contribution in [2.75, 3.05) is 37.4 Å². The first kappa shape index (κ1) is 20.0. The Bertz CT molecular complexity index is 954. The molecule has 0 aliphatic carbocycles. The molecule has 0 spiro atoms. The minimum absolute atomic E-state index is 0.0681. The van der Waals surface area contributed by atoms with Crippen LogP contribution in [-0.2, 0) is 16.6 Å². The van der Waals surface area contributed by atoms with Gasteiger partial charge in [0.1, 0.15) is 10.7 Å². The van der Waals surface area contributed by atoms with Gasteiger partial charge in [0.15, 0.2) is 0 Å². The molecule has 1 aliphatic rings. The average molecular weight is 405 g/mol. The summed E-state index contributed by atoms with van der Waals surface area (Å²) in [6.07, 6.45) is 3.30. The van der Waals surface area contributed by atoms with E-state index in [-0.39, 0.29) is 10.6 Å². The minimum Gasteiger partial charge on any atom is -0.380 e. The van der Waals surface area contributed by atoms with Crippen molar-refractivity contribution in [3.8, 4) is 0 Å². The monoisotopic (exact) mass is 405 g/mol. The Morgan fingerprint density at radius 2 is 1.93 bits per heavy atom. The molecule has 0 radical (unpaired) electrons. The van der Waals surface area contributed by atoms with Crippen LogP contribution in [0.15, 0.2) is 41.4 Å². The minimum atomic E-state index is -3.80. The van der Waals surface area contributed by atoms with Crippen LogP contribution in [0.25, 0.3) is 0 Å². The van der Waals surface area contributed by atoms with E-state index >= 15 is 0 Å². The molecular formula is C18H23N5O4S. The molecule has 0 unspecified atom stereocenters. The molecule has 1 saturated heterocycles.